The zero-order valence-electron chi connectivity index (χ0n) is 10.8. The minimum atomic E-state index is -0.0684. The van der Waals surface area contributed by atoms with Crippen molar-refractivity contribution in [3.05, 3.63) is 15.6 Å². The number of nitrogens with zero attached hydrogens (tertiary/aromatic N) is 2. The molecule has 0 radical (unpaired) electrons. The number of carbonyl (C=O) groups is 1. The van der Waals surface area contributed by atoms with E-state index in [9.17, 15) is 4.79 Å². The quantitative estimate of drug-likeness (QED) is 0.784. The summed E-state index contributed by atoms with van der Waals surface area (Å²) in [6, 6.07) is 0.0822. The second kappa shape index (κ2) is 5.55. The summed E-state index contributed by atoms with van der Waals surface area (Å²) in [5.41, 5.74) is 0.809. The second-order valence-electron chi connectivity index (χ2n) is 4.56. The third-order valence-electron chi connectivity index (χ3n) is 3.04. The Balaban J connectivity index is 2.19. The minimum absolute atomic E-state index is 0.0454. The van der Waals surface area contributed by atoms with Crippen LogP contribution in [0.25, 0.3) is 0 Å². The van der Waals surface area contributed by atoms with Crippen LogP contribution in [0.5, 0.6) is 0 Å². The van der Waals surface area contributed by atoms with Crippen molar-refractivity contribution >= 4 is 28.8 Å². The number of alkyl halides is 1. The first-order valence-electron chi connectivity index (χ1n) is 5.95. The molecule has 1 saturated heterocycles. The Bertz CT molecular complexity index is 449. The van der Waals surface area contributed by atoms with Crippen LogP contribution in [-0.4, -0.2) is 47.0 Å². The van der Waals surface area contributed by atoms with Crippen LogP contribution in [0.2, 0.25) is 0 Å². The van der Waals surface area contributed by atoms with E-state index >= 15 is 0 Å². The molecule has 1 aliphatic rings. The predicted octanol–water partition coefficient (Wildman–Crippen LogP) is 2.23. The molecule has 0 saturated carbocycles. The van der Waals surface area contributed by atoms with Gasteiger partial charge >= 0.3 is 0 Å². The molecule has 2 heterocycles. The van der Waals surface area contributed by atoms with Gasteiger partial charge in [0.2, 0.25) is 0 Å². The maximum absolute atomic E-state index is 12.5. The average Bonchev–Trinajstić information content (AvgIpc) is 2.68. The molecule has 2 rings (SSSR count). The first kappa shape index (κ1) is 13.8. The van der Waals surface area contributed by atoms with Crippen LogP contribution in [0.3, 0.4) is 0 Å². The first-order chi connectivity index (χ1) is 8.52. The van der Waals surface area contributed by atoms with Gasteiger partial charge in [-0.15, -0.1) is 22.9 Å². The molecule has 1 aromatic heterocycles. The Labute approximate surface area is 116 Å². The summed E-state index contributed by atoms with van der Waals surface area (Å²) in [6.45, 7) is 6.88. The topological polar surface area (TPSA) is 42.4 Å². The van der Waals surface area contributed by atoms with Crippen LogP contribution >= 0.6 is 22.9 Å². The van der Waals surface area contributed by atoms with Crippen LogP contribution < -0.4 is 0 Å². The molecule has 4 nitrogen and oxygen atoms in total. The fourth-order valence-corrected chi connectivity index (χ4v) is 3.12. The first-order valence-corrected chi connectivity index (χ1v) is 7.30. The van der Waals surface area contributed by atoms with Crippen molar-refractivity contribution in [1.82, 2.24) is 9.88 Å². The standard InChI is InChI=1S/C12H17ClN2O2S/c1-7-6-17-10(4-13)5-15(7)12(16)11-8(2)14-9(3)18-11/h7,10H,4-6H2,1-3H3. The lowest BCUT2D eigenvalue weighted by atomic mass is 10.2. The van der Waals surface area contributed by atoms with Crippen molar-refractivity contribution in [2.45, 2.75) is 32.9 Å². The molecule has 1 amide bonds. The summed E-state index contributed by atoms with van der Waals surface area (Å²) in [6.07, 6.45) is -0.0684. The van der Waals surface area contributed by atoms with Gasteiger partial charge in [-0.3, -0.25) is 4.79 Å². The van der Waals surface area contributed by atoms with Gasteiger partial charge in [0.25, 0.3) is 5.91 Å². The number of aromatic nitrogens is 1. The van der Waals surface area contributed by atoms with Crippen LogP contribution in [0.4, 0.5) is 0 Å². The molecular weight excluding hydrogens is 272 g/mol. The number of aryl methyl sites for hydroxylation is 2. The van der Waals surface area contributed by atoms with Crippen LogP contribution in [0, 0.1) is 13.8 Å². The zero-order valence-corrected chi connectivity index (χ0v) is 12.3. The largest absolute Gasteiger partial charge is 0.373 e. The van der Waals surface area contributed by atoms with Crippen molar-refractivity contribution < 1.29 is 9.53 Å². The molecule has 6 heteroatoms. The Hall–Kier alpha value is -0.650. The van der Waals surface area contributed by atoms with Crippen LogP contribution in [0.15, 0.2) is 0 Å². The number of halogens is 1. The number of thiazole rings is 1. The molecule has 0 bridgehead atoms. The smallest absolute Gasteiger partial charge is 0.266 e. The summed E-state index contributed by atoms with van der Waals surface area (Å²) in [5.74, 6) is 0.459. The lowest BCUT2D eigenvalue weighted by molar-refractivity contribution is -0.0370. The van der Waals surface area contributed by atoms with Crippen LogP contribution in [-0.2, 0) is 4.74 Å². The molecule has 1 fully saturated rings. The molecule has 0 aromatic carbocycles. The Morgan fingerprint density at radius 2 is 2.33 bits per heavy atom. The molecule has 2 atom stereocenters. The van der Waals surface area contributed by atoms with Gasteiger partial charge in [0, 0.05) is 6.54 Å². The Morgan fingerprint density at radius 1 is 1.61 bits per heavy atom. The highest BCUT2D eigenvalue weighted by Gasteiger charge is 2.31. The summed E-state index contributed by atoms with van der Waals surface area (Å²) in [4.78, 5) is 19.4. The Morgan fingerprint density at radius 3 is 2.89 bits per heavy atom. The van der Waals surface area contributed by atoms with E-state index in [1.807, 2.05) is 25.7 Å². The fraction of sp³-hybridized carbons (Fsp3) is 0.667. The minimum Gasteiger partial charge on any atom is -0.373 e. The number of morpholine rings is 1. The van der Waals surface area contributed by atoms with Gasteiger partial charge in [-0.2, -0.15) is 0 Å². The second-order valence-corrected chi connectivity index (χ2v) is 6.08. The third-order valence-corrected chi connectivity index (χ3v) is 4.44. The molecule has 0 spiro atoms. The third kappa shape index (κ3) is 2.68. The van der Waals surface area contributed by atoms with Gasteiger partial charge in [-0.25, -0.2) is 4.98 Å². The van der Waals surface area contributed by atoms with E-state index in [4.69, 9.17) is 16.3 Å². The van der Waals surface area contributed by atoms with Gasteiger partial charge in [0.1, 0.15) is 4.88 Å². The van der Waals surface area contributed by atoms with E-state index < -0.39 is 0 Å². The normalized spacial score (nSPS) is 24.3. The lowest BCUT2D eigenvalue weighted by Crippen LogP contribution is -2.51. The van der Waals surface area contributed by atoms with Crippen molar-refractivity contribution in [3.8, 4) is 0 Å². The number of amides is 1. The average molecular weight is 289 g/mol. The number of rotatable bonds is 2. The highest BCUT2D eigenvalue weighted by atomic mass is 35.5. The summed E-state index contributed by atoms with van der Waals surface area (Å²) >= 11 is 7.26. The summed E-state index contributed by atoms with van der Waals surface area (Å²) in [5, 5.41) is 0.922. The van der Waals surface area contributed by atoms with Crippen molar-refractivity contribution in [2.24, 2.45) is 0 Å². The van der Waals surface area contributed by atoms with E-state index in [1.165, 1.54) is 11.3 Å². The molecule has 1 aliphatic heterocycles. The molecule has 0 N–H and O–H groups in total. The summed E-state index contributed by atoms with van der Waals surface area (Å²) in [7, 11) is 0. The molecule has 18 heavy (non-hydrogen) atoms. The Kier molecular flexibility index (Phi) is 4.25. The maximum atomic E-state index is 12.5. The van der Waals surface area contributed by atoms with Gasteiger partial charge in [-0.1, -0.05) is 0 Å². The van der Waals surface area contributed by atoms with E-state index in [0.29, 0.717) is 19.0 Å². The van der Waals surface area contributed by atoms with Crippen molar-refractivity contribution in [1.29, 1.82) is 0 Å². The lowest BCUT2D eigenvalue weighted by Gasteiger charge is -2.37. The van der Waals surface area contributed by atoms with Gasteiger partial charge in [0.05, 0.1) is 35.3 Å². The monoisotopic (exact) mass is 288 g/mol. The highest BCUT2D eigenvalue weighted by Crippen LogP contribution is 2.22. The van der Waals surface area contributed by atoms with Crippen molar-refractivity contribution in [2.75, 3.05) is 19.0 Å². The molecule has 100 valence electrons. The fourth-order valence-electron chi connectivity index (χ4n) is 2.05. The zero-order chi connectivity index (χ0) is 13.3. The number of hydrogen-bond donors (Lipinski definition) is 0. The van der Waals surface area contributed by atoms with Gasteiger partial charge < -0.3 is 9.64 Å². The molecule has 2 unspecified atom stereocenters. The maximum Gasteiger partial charge on any atom is 0.266 e. The van der Waals surface area contributed by atoms with Crippen molar-refractivity contribution in [3.63, 3.8) is 0 Å². The molecular formula is C12H17ClN2O2S. The summed E-state index contributed by atoms with van der Waals surface area (Å²) < 4.78 is 5.55. The van der Waals surface area contributed by atoms with E-state index in [-0.39, 0.29) is 18.1 Å². The van der Waals surface area contributed by atoms with Crippen LogP contribution in [0.1, 0.15) is 27.3 Å². The number of hydrogen-bond acceptors (Lipinski definition) is 4. The molecule has 1 aromatic rings. The van der Waals surface area contributed by atoms with E-state index in [0.717, 1.165) is 15.6 Å². The van der Waals surface area contributed by atoms with Gasteiger partial charge in [0.15, 0.2) is 0 Å². The highest BCUT2D eigenvalue weighted by molar-refractivity contribution is 7.13. The SMILES string of the molecule is Cc1nc(C)c(C(=O)N2CC(CCl)OCC2C)s1. The number of ether oxygens (including phenoxy) is 1. The number of carbonyl (C=O) groups excluding carboxylic acids is 1. The predicted molar refractivity (Wildman–Crippen MR) is 72.5 cm³/mol. The van der Waals surface area contributed by atoms with Gasteiger partial charge in [-0.05, 0) is 20.8 Å². The molecule has 0 aliphatic carbocycles. The van der Waals surface area contributed by atoms with E-state index in [1.54, 1.807) is 0 Å². The van der Waals surface area contributed by atoms with E-state index in [2.05, 4.69) is 4.98 Å².